The van der Waals surface area contributed by atoms with Gasteiger partial charge in [0.1, 0.15) is 0 Å². The molecule has 3 rings (SSSR count). The van der Waals surface area contributed by atoms with Crippen LogP contribution in [0.1, 0.15) is 11.1 Å². The highest BCUT2D eigenvalue weighted by Crippen LogP contribution is 2.32. The molecule has 1 aliphatic rings. The van der Waals surface area contributed by atoms with Gasteiger partial charge >= 0.3 is 0 Å². The first kappa shape index (κ1) is 16.8. The minimum Gasteiger partial charge on any atom is -0.326 e. The van der Waals surface area contributed by atoms with E-state index in [0.29, 0.717) is 29.4 Å². The largest absolute Gasteiger partial charge is 0.326 e. The summed E-state index contributed by atoms with van der Waals surface area (Å²) in [7, 11) is -3.26. The number of carbonyl (C=O) groups excluding carboxylic acids is 1. The van der Waals surface area contributed by atoms with Crippen molar-refractivity contribution in [3.8, 4) is 0 Å². The van der Waals surface area contributed by atoms with Crippen LogP contribution in [0.5, 0.6) is 0 Å². The molecule has 0 atom stereocenters. The number of carbonyl (C=O) groups is 1. The SMILES string of the molecule is CS(=O)(=O)N1CCc2cc(NC(=O)Cc3ccc(Cl)cc3)ccc21. The summed E-state index contributed by atoms with van der Waals surface area (Å²) in [6.07, 6.45) is 2.09. The second-order valence-electron chi connectivity index (χ2n) is 5.78. The van der Waals surface area contributed by atoms with Crippen LogP contribution in [0.15, 0.2) is 42.5 Å². The van der Waals surface area contributed by atoms with Crippen LogP contribution < -0.4 is 9.62 Å². The fourth-order valence-electron chi connectivity index (χ4n) is 2.79. The van der Waals surface area contributed by atoms with Gasteiger partial charge in [-0.15, -0.1) is 0 Å². The predicted octanol–water partition coefficient (Wildman–Crippen LogP) is 2.84. The summed E-state index contributed by atoms with van der Waals surface area (Å²) in [5, 5.41) is 3.48. The summed E-state index contributed by atoms with van der Waals surface area (Å²) in [6, 6.07) is 12.4. The van der Waals surface area contributed by atoms with Crippen molar-refractivity contribution in [1.82, 2.24) is 0 Å². The number of rotatable bonds is 4. The maximum absolute atomic E-state index is 12.1. The molecule has 0 saturated heterocycles. The number of fused-ring (bicyclic) bond motifs is 1. The van der Waals surface area contributed by atoms with E-state index in [-0.39, 0.29) is 12.3 Å². The lowest BCUT2D eigenvalue weighted by Gasteiger charge is -2.16. The Morgan fingerprint density at radius 2 is 1.92 bits per heavy atom. The zero-order chi connectivity index (χ0) is 17.3. The Morgan fingerprint density at radius 1 is 1.21 bits per heavy atom. The molecule has 0 radical (unpaired) electrons. The van der Waals surface area contributed by atoms with Gasteiger partial charge in [0, 0.05) is 17.3 Å². The fourth-order valence-corrected chi connectivity index (χ4v) is 3.87. The van der Waals surface area contributed by atoms with Crippen LogP contribution >= 0.6 is 11.6 Å². The summed E-state index contributed by atoms with van der Waals surface area (Å²) >= 11 is 5.83. The highest BCUT2D eigenvalue weighted by Gasteiger charge is 2.26. The molecule has 0 aliphatic carbocycles. The molecule has 2 aromatic carbocycles. The normalized spacial score (nSPS) is 13.7. The smallest absolute Gasteiger partial charge is 0.232 e. The van der Waals surface area contributed by atoms with Crippen LogP contribution in [0.4, 0.5) is 11.4 Å². The molecule has 5 nitrogen and oxygen atoms in total. The van der Waals surface area contributed by atoms with Gasteiger partial charge in [-0.2, -0.15) is 0 Å². The van der Waals surface area contributed by atoms with Gasteiger partial charge in [-0.1, -0.05) is 23.7 Å². The molecule has 126 valence electrons. The number of nitrogens with one attached hydrogen (secondary N) is 1. The highest BCUT2D eigenvalue weighted by molar-refractivity contribution is 7.92. The van der Waals surface area contributed by atoms with Crippen LogP contribution in [0.25, 0.3) is 0 Å². The zero-order valence-corrected chi connectivity index (χ0v) is 14.7. The standard InChI is InChI=1S/C17H17ClN2O3S/c1-24(22,23)20-9-8-13-11-15(6-7-16(13)20)19-17(21)10-12-2-4-14(18)5-3-12/h2-7,11H,8-10H2,1H3,(H,19,21). The van der Waals surface area contributed by atoms with Crippen molar-refractivity contribution < 1.29 is 13.2 Å². The Bertz CT molecular complexity index is 879. The Kier molecular flexibility index (Phi) is 4.51. The molecule has 2 aromatic rings. The number of nitrogens with zero attached hydrogens (tertiary/aromatic N) is 1. The molecule has 24 heavy (non-hydrogen) atoms. The van der Waals surface area contributed by atoms with Crippen LogP contribution in [-0.4, -0.2) is 27.1 Å². The van der Waals surface area contributed by atoms with Gasteiger partial charge in [0.2, 0.25) is 15.9 Å². The predicted molar refractivity (Wildman–Crippen MR) is 96.1 cm³/mol. The molecule has 1 aliphatic heterocycles. The monoisotopic (exact) mass is 364 g/mol. The van der Waals surface area contributed by atoms with E-state index in [1.54, 1.807) is 24.3 Å². The fraction of sp³-hybridized carbons (Fsp3) is 0.235. The maximum atomic E-state index is 12.1. The minimum atomic E-state index is -3.26. The molecule has 1 N–H and O–H groups in total. The van der Waals surface area contributed by atoms with E-state index in [1.807, 2.05) is 18.2 Å². The van der Waals surface area contributed by atoms with Crippen molar-refractivity contribution in [2.75, 3.05) is 22.4 Å². The Morgan fingerprint density at radius 3 is 2.58 bits per heavy atom. The van der Waals surface area contributed by atoms with Crippen LogP contribution in [0, 0.1) is 0 Å². The molecule has 0 unspecified atom stereocenters. The van der Waals surface area contributed by atoms with E-state index in [4.69, 9.17) is 11.6 Å². The number of hydrogen-bond donors (Lipinski definition) is 1. The first-order valence-corrected chi connectivity index (χ1v) is 9.70. The third-order valence-electron chi connectivity index (χ3n) is 3.89. The average molecular weight is 365 g/mol. The second-order valence-corrected chi connectivity index (χ2v) is 8.12. The zero-order valence-electron chi connectivity index (χ0n) is 13.1. The van der Waals surface area contributed by atoms with Gasteiger partial charge < -0.3 is 5.32 Å². The minimum absolute atomic E-state index is 0.129. The third-order valence-corrected chi connectivity index (χ3v) is 5.33. The van der Waals surface area contributed by atoms with E-state index in [0.717, 1.165) is 11.1 Å². The highest BCUT2D eigenvalue weighted by atomic mass is 35.5. The lowest BCUT2D eigenvalue weighted by Crippen LogP contribution is -2.27. The maximum Gasteiger partial charge on any atom is 0.232 e. The van der Waals surface area contributed by atoms with Crippen molar-refractivity contribution in [3.05, 3.63) is 58.6 Å². The summed E-state index contributed by atoms with van der Waals surface area (Å²) in [5.74, 6) is -0.129. The molecule has 1 heterocycles. The molecule has 7 heteroatoms. The van der Waals surface area contributed by atoms with E-state index < -0.39 is 10.0 Å². The van der Waals surface area contributed by atoms with Gasteiger partial charge in [0.05, 0.1) is 18.4 Å². The van der Waals surface area contributed by atoms with Gasteiger partial charge in [0.15, 0.2) is 0 Å². The van der Waals surface area contributed by atoms with Crippen LogP contribution in [0.2, 0.25) is 5.02 Å². The van der Waals surface area contributed by atoms with Gasteiger partial charge in [-0.25, -0.2) is 8.42 Å². The lowest BCUT2D eigenvalue weighted by molar-refractivity contribution is -0.115. The van der Waals surface area contributed by atoms with Crippen molar-refractivity contribution in [3.63, 3.8) is 0 Å². The van der Waals surface area contributed by atoms with Gasteiger partial charge in [0.25, 0.3) is 0 Å². The van der Waals surface area contributed by atoms with Gasteiger partial charge in [-0.3, -0.25) is 9.10 Å². The quantitative estimate of drug-likeness (QED) is 0.907. The first-order chi connectivity index (χ1) is 11.3. The third kappa shape index (κ3) is 3.71. The summed E-state index contributed by atoms with van der Waals surface area (Å²) < 4.78 is 24.9. The molecule has 0 bridgehead atoms. The number of hydrogen-bond acceptors (Lipinski definition) is 3. The summed E-state index contributed by atoms with van der Waals surface area (Å²) in [6.45, 7) is 0.441. The molecular weight excluding hydrogens is 348 g/mol. The van der Waals surface area contributed by atoms with Crippen molar-refractivity contribution in [2.45, 2.75) is 12.8 Å². The second kappa shape index (κ2) is 6.45. The van der Waals surface area contributed by atoms with Crippen molar-refractivity contribution in [1.29, 1.82) is 0 Å². The van der Waals surface area contributed by atoms with E-state index >= 15 is 0 Å². The molecular formula is C17H17ClN2O3S. The average Bonchev–Trinajstić information content (AvgIpc) is 2.93. The summed E-state index contributed by atoms with van der Waals surface area (Å²) in [4.78, 5) is 12.1. The van der Waals surface area contributed by atoms with E-state index in [9.17, 15) is 13.2 Å². The van der Waals surface area contributed by atoms with Crippen LogP contribution in [0.3, 0.4) is 0 Å². The molecule has 0 aromatic heterocycles. The lowest BCUT2D eigenvalue weighted by atomic mass is 10.1. The number of benzene rings is 2. The van der Waals surface area contributed by atoms with E-state index in [2.05, 4.69) is 5.32 Å². The number of anilines is 2. The number of sulfonamides is 1. The topological polar surface area (TPSA) is 66.5 Å². The summed E-state index contributed by atoms with van der Waals surface area (Å²) in [5.41, 5.74) is 3.15. The first-order valence-electron chi connectivity index (χ1n) is 7.48. The molecule has 0 fully saturated rings. The molecule has 0 saturated carbocycles. The Balaban J connectivity index is 1.71. The Hall–Kier alpha value is -2.05. The molecule has 0 spiro atoms. The van der Waals surface area contributed by atoms with Crippen molar-refractivity contribution >= 4 is 38.9 Å². The van der Waals surface area contributed by atoms with Crippen molar-refractivity contribution in [2.24, 2.45) is 0 Å². The molecule has 1 amide bonds. The number of amides is 1. The van der Waals surface area contributed by atoms with Crippen LogP contribution in [-0.2, 0) is 27.7 Å². The Labute approximate surface area is 146 Å². The van der Waals surface area contributed by atoms with Gasteiger partial charge in [-0.05, 0) is 47.9 Å². The number of halogens is 1. The van der Waals surface area contributed by atoms with E-state index in [1.165, 1.54) is 10.6 Å².